The van der Waals surface area contributed by atoms with Crippen LogP contribution >= 0.6 is 11.6 Å². The third kappa shape index (κ3) is 3.51. The fourth-order valence-electron chi connectivity index (χ4n) is 2.67. The Morgan fingerprint density at radius 1 is 1.53 bits per heavy atom. The molecule has 0 aliphatic heterocycles. The molecule has 0 spiro atoms. The minimum Gasteiger partial charge on any atom is -0.393 e. The monoisotopic (exact) mass is 284 g/mol. The highest BCUT2D eigenvalue weighted by molar-refractivity contribution is 6.31. The number of hydrogen-bond acceptors (Lipinski definition) is 2. The third-order valence-electron chi connectivity index (χ3n) is 3.83. The van der Waals surface area contributed by atoms with Crippen LogP contribution in [0.5, 0.6) is 0 Å². The number of aromatic nitrogens is 1. The highest BCUT2D eigenvalue weighted by Gasteiger charge is 2.24. The average Bonchev–Trinajstić information content (AvgIpc) is 2.79. The molecule has 1 heterocycles. The van der Waals surface area contributed by atoms with Crippen LogP contribution < -0.4 is 5.32 Å². The molecule has 1 saturated carbocycles. The van der Waals surface area contributed by atoms with Crippen molar-refractivity contribution in [1.29, 1.82) is 0 Å². The van der Waals surface area contributed by atoms with Gasteiger partial charge < -0.3 is 15.0 Å². The van der Waals surface area contributed by atoms with Crippen molar-refractivity contribution in [1.82, 2.24) is 9.88 Å². The summed E-state index contributed by atoms with van der Waals surface area (Å²) in [5.74, 6) is 0.0599. The summed E-state index contributed by atoms with van der Waals surface area (Å²) in [5, 5.41) is 13.4. The van der Waals surface area contributed by atoms with Gasteiger partial charge >= 0.3 is 0 Å². The van der Waals surface area contributed by atoms with Gasteiger partial charge in [-0.1, -0.05) is 24.4 Å². The van der Waals surface area contributed by atoms with Crippen molar-refractivity contribution in [2.24, 2.45) is 5.92 Å². The molecular formula is C14H21ClN2O2. The predicted molar refractivity (Wildman–Crippen MR) is 75.4 cm³/mol. The number of nitrogens with one attached hydrogen (secondary N) is 1. The molecule has 5 heteroatoms. The van der Waals surface area contributed by atoms with Crippen molar-refractivity contribution < 1.29 is 9.90 Å². The van der Waals surface area contributed by atoms with E-state index in [1.807, 2.05) is 11.5 Å². The van der Waals surface area contributed by atoms with Gasteiger partial charge in [-0.25, -0.2) is 0 Å². The first-order chi connectivity index (χ1) is 9.11. The summed E-state index contributed by atoms with van der Waals surface area (Å²) in [6.45, 7) is 3.21. The first-order valence-corrected chi connectivity index (χ1v) is 7.31. The van der Waals surface area contributed by atoms with Crippen LogP contribution in [0.4, 0.5) is 0 Å². The van der Waals surface area contributed by atoms with Crippen LogP contribution in [-0.4, -0.2) is 28.2 Å². The van der Waals surface area contributed by atoms with Crippen molar-refractivity contribution in [2.45, 2.75) is 45.3 Å². The summed E-state index contributed by atoms with van der Waals surface area (Å²) >= 11 is 5.92. The van der Waals surface area contributed by atoms with Crippen LogP contribution in [0.3, 0.4) is 0 Å². The molecule has 1 amide bonds. The summed E-state index contributed by atoms with van der Waals surface area (Å²) in [6, 6.07) is 1.68. The Bertz CT molecular complexity index is 445. The molecule has 2 rings (SSSR count). The second-order valence-electron chi connectivity index (χ2n) is 5.15. The lowest BCUT2D eigenvalue weighted by atomic mass is 9.86. The van der Waals surface area contributed by atoms with Gasteiger partial charge in [0.05, 0.1) is 11.1 Å². The van der Waals surface area contributed by atoms with Gasteiger partial charge in [-0.3, -0.25) is 4.79 Å². The van der Waals surface area contributed by atoms with Crippen LogP contribution in [0.2, 0.25) is 5.02 Å². The Morgan fingerprint density at radius 2 is 2.26 bits per heavy atom. The highest BCUT2D eigenvalue weighted by atomic mass is 35.5. The summed E-state index contributed by atoms with van der Waals surface area (Å²) in [7, 11) is 0. The van der Waals surface area contributed by atoms with Crippen molar-refractivity contribution >= 4 is 17.5 Å². The van der Waals surface area contributed by atoms with Gasteiger partial charge in [-0.15, -0.1) is 0 Å². The smallest absolute Gasteiger partial charge is 0.267 e. The molecular weight excluding hydrogens is 264 g/mol. The molecule has 1 aromatic heterocycles. The zero-order valence-electron chi connectivity index (χ0n) is 11.2. The van der Waals surface area contributed by atoms with Gasteiger partial charge in [0.25, 0.3) is 5.91 Å². The topological polar surface area (TPSA) is 54.3 Å². The number of halogens is 1. The maximum atomic E-state index is 12.1. The molecule has 1 aliphatic carbocycles. The number of amides is 1. The Kier molecular flexibility index (Phi) is 4.88. The Balaban J connectivity index is 1.93. The molecule has 0 bridgehead atoms. The fourth-order valence-corrected chi connectivity index (χ4v) is 2.89. The van der Waals surface area contributed by atoms with Crippen LogP contribution in [0.15, 0.2) is 12.3 Å². The number of aryl methyl sites for hydroxylation is 1. The molecule has 0 saturated heterocycles. The summed E-state index contributed by atoms with van der Waals surface area (Å²) in [6.07, 6.45) is 5.52. The quantitative estimate of drug-likeness (QED) is 0.892. The zero-order chi connectivity index (χ0) is 13.8. The maximum absolute atomic E-state index is 12.1. The predicted octanol–water partition coefficient (Wildman–Crippen LogP) is 2.44. The summed E-state index contributed by atoms with van der Waals surface area (Å²) in [4.78, 5) is 12.1. The highest BCUT2D eigenvalue weighted by Crippen LogP contribution is 2.23. The van der Waals surface area contributed by atoms with E-state index < -0.39 is 0 Å². The standard InChI is InChI=1S/C14H21ClN2O2/c1-2-17-9-11(15)7-12(17)14(19)16-8-10-5-3-4-6-13(10)18/h7,9-10,13,18H,2-6,8H2,1H3,(H,16,19). The fraction of sp³-hybridized carbons (Fsp3) is 0.643. The molecule has 19 heavy (non-hydrogen) atoms. The van der Waals surface area contributed by atoms with E-state index in [9.17, 15) is 9.90 Å². The van der Waals surface area contributed by atoms with Crippen LogP contribution in [-0.2, 0) is 6.54 Å². The summed E-state index contributed by atoms with van der Waals surface area (Å²) < 4.78 is 1.83. The van der Waals surface area contributed by atoms with E-state index in [0.29, 0.717) is 23.8 Å². The van der Waals surface area contributed by atoms with Crippen molar-refractivity contribution in [2.75, 3.05) is 6.54 Å². The number of hydrogen-bond donors (Lipinski definition) is 2. The number of nitrogens with zero attached hydrogens (tertiary/aromatic N) is 1. The van der Waals surface area contributed by atoms with E-state index in [1.54, 1.807) is 12.3 Å². The van der Waals surface area contributed by atoms with E-state index in [-0.39, 0.29) is 17.9 Å². The second-order valence-corrected chi connectivity index (χ2v) is 5.59. The van der Waals surface area contributed by atoms with Crippen LogP contribution in [0.25, 0.3) is 0 Å². The lowest BCUT2D eigenvalue weighted by molar-refractivity contribution is 0.0660. The first kappa shape index (κ1) is 14.4. The minimum absolute atomic E-state index is 0.119. The first-order valence-electron chi connectivity index (χ1n) is 6.93. The maximum Gasteiger partial charge on any atom is 0.267 e. The molecule has 4 nitrogen and oxygen atoms in total. The molecule has 1 aliphatic rings. The zero-order valence-corrected chi connectivity index (χ0v) is 12.0. The van der Waals surface area contributed by atoms with E-state index in [4.69, 9.17) is 11.6 Å². The van der Waals surface area contributed by atoms with E-state index in [1.165, 1.54) is 0 Å². The van der Waals surface area contributed by atoms with E-state index >= 15 is 0 Å². The number of aliphatic hydroxyl groups is 1. The molecule has 2 N–H and O–H groups in total. The molecule has 106 valence electrons. The van der Waals surface area contributed by atoms with Crippen LogP contribution in [0.1, 0.15) is 43.1 Å². The third-order valence-corrected chi connectivity index (χ3v) is 4.04. The normalized spacial score (nSPS) is 23.3. The second kappa shape index (κ2) is 6.44. The lowest BCUT2D eigenvalue weighted by Gasteiger charge is -2.27. The number of aliphatic hydroxyl groups excluding tert-OH is 1. The van der Waals surface area contributed by atoms with Gasteiger partial charge in [0.2, 0.25) is 0 Å². The molecule has 1 aromatic rings. The summed E-state index contributed by atoms with van der Waals surface area (Å²) in [5.41, 5.74) is 0.581. The van der Waals surface area contributed by atoms with Crippen molar-refractivity contribution in [3.8, 4) is 0 Å². The number of carbonyl (C=O) groups excluding carboxylic acids is 1. The van der Waals surface area contributed by atoms with Gasteiger partial charge in [0, 0.05) is 25.2 Å². The van der Waals surface area contributed by atoms with Gasteiger partial charge in [-0.05, 0) is 25.8 Å². The number of carbonyl (C=O) groups is 1. The average molecular weight is 285 g/mol. The molecule has 2 unspecified atom stereocenters. The largest absolute Gasteiger partial charge is 0.393 e. The van der Waals surface area contributed by atoms with E-state index in [2.05, 4.69) is 5.32 Å². The minimum atomic E-state index is -0.282. The van der Waals surface area contributed by atoms with Crippen molar-refractivity contribution in [3.05, 3.63) is 23.0 Å². The lowest BCUT2D eigenvalue weighted by Crippen LogP contribution is -2.37. The van der Waals surface area contributed by atoms with Crippen molar-refractivity contribution in [3.63, 3.8) is 0 Å². The molecule has 2 atom stereocenters. The van der Waals surface area contributed by atoms with Gasteiger partial charge in [0.1, 0.15) is 5.69 Å². The molecule has 1 fully saturated rings. The molecule has 0 radical (unpaired) electrons. The van der Waals surface area contributed by atoms with Gasteiger partial charge in [0.15, 0.2) is 0 Å². The van der Waals surface area contributed by atoms with Gasteiger partial charge in [-0.2, -0.15) is 0 Å². The van der Waals surface area contributed by atoms with E-state index in [0.717, 1.165) is 25.7 Å². The Hall–Kier alpha value is -1.00. The SMILES string of the molecule is CCn1cc(Cl)cc1C(=O)NCC1CCCCC1O. The Labute approximate surface area is 118 Å². The van der Waals surface area contributed by atoms with Crippen LogP contribution in [0, 0.1) is 5.92 Å². The Morgan fingerprint density at radius 3 is 2.95 bits per heavy atom. The number of rotatable bonds is 4. The molecule has 0 aromatic carbocycles.